The van der Waals surface area contributed by atoms with Gasteiger partial charge in [0.25, 0.3) is 0 Å². The van der Waals surface area contributed by atoms with E-state index in [1.54, 1.807) is 18.7 Å². The Balaban J connectivity index is 1.59. The Morgan fingerprint density at radius 2 is 2.06 bits per heavy atom. The van der Waals surface area contributed by atoms with Crippen LogP contribution in [0.3, 0.4) is 0 Å². The number of allylic oxidation sites excluding steroid dienone is 4. The van der Waals surface area contributed by atoms with Crippen molar-refractivity contribution < 1.29 is 0 Å². The lowest BCUT2D eigenvalue weighted by Crippen LogP contribution is -2.20. The summed E-state index contributed by atoms with van der Waals surface area (Å²) < 4.78 is 1.93. The zero-order chi connectivity index (χ0) is 24.5. The molecule has 0 unspecified atom stereocenters. The van der Waals surface area contributed by atoms with Crippen molar-refractivity contribution in [2.75, 3.05) is 0 Å². The molecule has 0 spiro atoms. The lowest BCUT2D eigenvalue weighted by atomic mass is 10.0. The van der Waals surface area contributed by atoms with Crippen molar-refractivity contribution in [1.82, 2.24) is 40.0 Å². The second kappa shape index (κ2) is 9.06. The van der Waals surface area contributed by atoms with Gasteiger partial charge in [0.1, 0.15) is 11.2 Å². The van der Waals surface area contributed by atoms with Crippen molar-refractivity contribution in [3.63, 3.8) is 0 Å². The summed E-state index contributed by atoms with van der Waals surface area (Å²) in [4.78, 5) is 17.0. The molecule has 0 aliphatic heterocycles. The number of nitrogens with zero attached hydrogens (tertiary/aromatic N) is 5. The molecule has 5 rings (SSSR count). The fourth-order valence-corrected chi connectivity index (χ4v) is 4.14. The maximum Gasteiger partial charge on any atom is 0.159 e. The van der Waals surface area contributed by atoms with Crippen molar-refractivity contribution in [2.45, 2.75) is 33.7 Å². The molecule has 0 fully saturated rings. The number of aromatic amines is 2. The predicted octanol–water partition coefficient (Wildman–Crippen LogP) is 5.47. The fourth-order valence-electron chi connectivity index (χ4n) is 4.14. The Bertz CT molecular complexity index is 1590. The summed E-state index contributed by atoms with van der Waals surface area (Å²) in [6.07, 6.45) is 13.3. The first-order chi connectivity index (χ1) is 17.0. The highest BCUT2D eigenvalue weighted by Gasteiger charge is 2.16. The van der Waals surface area contributed by atoms with Gasteiger partial charge < -0.3 is 14.9 Å². The van der Waals surface area contributed by atoms with Gasteiger partial charge in [-0.1, -0.05) is 18.7 Å². The van der Waals surface area contributed by atoms with Gasteiger partial charge in [-0.2, -0.15) is 5.10 Å². The Morgan fingerprint density at radius 3 is 2.77 bits per heavy atom. The van der Waals surface area contributed by atoms with E-state index in [9.17, 15) is 0 Å². The molecule has 176 valence electrons. The third-order valence-corrected chi connectivity index (χ3v) is 5.78. The van der Waals surface area contributed by atoms with Crippen molar-refractivity contribution in [3.05, 3.63) is 84.9 Å². The van der Waals surface area contributed by atoms with Crippen LogP contribution in [0.2, 0.25) is 0 Å². The molecule has 0 saturated heterocycles. The minimum Gasteiger partial charge on any atom is -0.383 e. The molecular weight excluding hydrogens is 436 g/mol. The minimum absolute atomic E-state index is 0.319. The summed E-state index contributed by atoms with van der Waals surface area (Å²) in [5.74, 6) is 0.681. The van der Waals surface area contributed by atoms with Gasteiger partial charge in [-0.3, -0.25) is 10.1 Å². The fraction of sp³-hybridized carbons (Fsp3) is 0.185. The monoisotopic (exact) mass is 464 g/mol. The number of rotatable bonds is 7. The second-order valence-electron chi connectivity index (χ2n) is 8.74. The molecule has 0 amide bonds. The number of nitrogens with one attached hydrogen (secondary N) is 3. The molecule has 0 aliphatic rings. The first-order valence-electron chi connectivity index (χ1n) is 11.6. The zero-order valence-corrected chi connectivity index (χ0v) is 20.3. The molecule has 4 aromatic heterocycles. The van der Waals surface area contributed by atoms with Crippen LogP contribution in [-0.4, -0.2) is 40.7 Å². The number of imidazole rings is 2. The highest BCUT2D eigenvalue weighted by atomic mass is 15.1. The zero-order valence-electron chi connectivity index (χ0n) is 20.3. The molecule has 4 heterocycles. The van der Waals surface area contributed by atoms with E-state index in [-0.39, 0.29) is 0 Å². The molecule has 0 saturated carbocycles. The largest absolute Gasteiger partial charge is 0.383 e. The van der Waals surface area contributed by atoms with E-state index in [0.29, 0.717) is 11.9 Å². The normalized spacial score (nSPS) is 12.7. The van der Waals surface area contributed by atoms with Crippen LogP contribution >= 0.6 is 0 Å². The van der Waals surface area contributed by atoms with Gasteiger partial charge >= 0.3 is 0 Å². The Labute approximate surface area is 203 Å². The van der Waals surface area contributed by atoms with Crippen LogP contribution in [-0.2, 0) is 0 Å². The predicted molar refractivity (Wildman–Crippen MR) is 141 cm³/mol. The van der Waals surface area contributed by atoms with Crippen LogP contribution in [0, 0.1) is 6.92 Å². The van der Waals surface area contributed by atoms with Gasteiger partial charge in [-0.25, -0.2) is 9.97 Å². The van der Waals surface area contributed by atoms with E-state index in [2.05, 4.69) is 75.2 Å². The van der Waals surface area contributed by atoms with Gasteiger partial charge in [-0.05, 0) is 63.1 Å². The third-order valence-electron chi connectivity index (χ3n) is 5.78. The summed E-state index contributed by atoms with van der Waals surface area (Å²) in [6, 6.07) is 6.60. The first-order valence-corrected chi connectivity index (χ1v) is 11.6. The highest BCUT2D eigenvalue weighted by Crippen LogP contribution is 2.30. The van der Waals surface area contributed by atoms with Crippen LogP contribution in [0.5, 0.6) is 0 Å². The molecule has 1 aromatic carbocycles. The molecule has 0 bridgehead atoms. The van der Waals surface area contributed by atoms with Crippen molar-refractivity contribution in [3.8, 4) is 17.2 Å². The third kappa shape index (κ3) is 4.26. The first kappa shape index (κ1) is 22.3. The summed E-state index contributed by atoms with van der Waals surface area (Å²) in [5.41, 5.74) is 8.30. The van der Waals surface area contributed by atoms with Gasteiger partial charge in [-0.15, -0.1) is 0 Å². The van der Waals surface area contributed by atoms with Gasteiger partial charge in [0.15, 0.2) is 5.82 Å². The molecule has 0 atom stereocenters. The van der Waals surface area contributed by atoms with Crippen LogP contribution in [0.4, 0.5) is 0 Å². The lowest BCUT2D eigenvalue weighted by Gasteiger charge is -2.12. The Hall–Kier alpha value is -4.46. The van der Waals surface area contributed by atoms with Gasteiger partial charge in [0.2, 0.25) is 0 Å². The number of aromatic nitrogens is 7. The van der Waals surface area contributed by atoms with Crippen LogP contribution in [0.1, 0.15) is 32.0 Å². The summed E-state index contributed by atoms with van der Waals surface area (Å²) >= 11 is 0. The number of hydrogen-bond acceptors (Lipinski definition) is 5. The highest BCUT2D eigenvalue weighted by molar-refractivity contribution is 5.96. The standard InChI is InChI=1S/C27H28N8/c1-6-18(10-20(7-2)30-16(3)4)19-8-9-22-21(11-19)25(34-33-22)27-31-23-12-28-13-24(26(23)32-27)35-14-17(5)29-15-35/h6-16,30H,2H2,1,3-5H3,(H,31,32)(H,33,34)/b18-6+,20-10+. The number of hydrogen-bond donors (Lipinski definition) is 3. The van der Waals surface area contributed by atoms with Crippen LogP contribution in [0.25, 0.3) is 44.7 Å². The molecule has 5 aromatic rings. The topological polar surface area (TPSA) is 100 Å². The minimum atomic E-state index is 0.319. The summed E-state index contributed by atoms with van der Waals surface area (Å²) in [5, 5.41) is 12.1. The summed E-state index contributed by atoms with van der Waals surface area (Å²) in [6.45, 7) is 12.2. The number of aryl methyl sites for hydroxylation is 1. The van der Waals surface area contributed by atoms with Crippen LogP contribution in [0.15, 0.2) is 73.6 Å². The van der Waals surface area contributed by atoms with E-state index >= 15 is 0 Å². The van der Waals surface area contributed by atoms with E-state index < -0.39 is 0 Å². The summed E-state index contributed by atoms with van der Waals surface area (Å²) in [7, 11) is 0. The van der Waals surface area contributed by atoms with Gasteiger partial charge in [0, 0.05) is 23.3 Å². The smallest absolute Gasteiger partial charge is 0.159 e. The average molecular weight is 465 g/mol. The maximum atomic E-state index is 4.90. The lowest BCUT2D eigenvalue weighted by molar-refractivity contribution is 0.682. The van der Waals surface area contributed by atoms with Gasteiger partial charge in [0.05, 0.1) is 41.1 Å². The number of benzene rings is 1. The van der Waals surface area contributed by atoms with Crippen molar-refractivity contribution >= 4 is 27.5 Å². The molecular formula is C27H28N8. The van der Waals surface area contributed by atoms with Crippen molar-refractivity contribution in [2.24, 2.45) is 0 Å². The Morgan fingerprint density at radius 1 is 1.20 bits per heavy atom. The maximum absolute atomic E-state index is 4.90. The second-order valence-corrected chi connectivity index (χ2v) is 8.74. The quantitative estimate of drug-likeness (QED) is 0.278. The molecule has 8 nitrogen and oxygen atoms in total. The molecule has 0 radical (unpaired) electrons. The number of fused-ring (bicyclic) bond motifs is 2. The van der Waals surface area contributed by atoms with Crippen LogP contribution < -0.4 is 5.32 Å². The SMILES string of the molecule is C=C/C(=C\C(=C/C)c1ccc2[nH]nc(-c3nc4c(-n5cnc(C)c5)cncc4[nH]3)c2c1)NC(C)C. The number of H-pyrrole nitrogens is 2. The number of pyridine rings is 1. The molecule has 3 N–H and O–H groups in total. The average Bonchev–Trinajstić information content (AvgIpc) is 3.58. The molecule has 0 aliphatic carbocycles. The van der Waals surface area contributed by atoms with Crippen molar-refractivity contribution in [1.29, 1.82) is 0 Å². The molecule has 8 heteroatoms. The van der Waals surface area contributed by atoms with E-state index in [0.717, 1.165) is 55.8 Å². The van der Waals surface area contributed by atoms with E-state index in [1.807, 2.05) is 36.8 Å². The Kier molecular flexibility index (Phi) is 5.78. The molecule has 35 heavy (non-hydrogen) atoms. The van der Waals surface area contributed by atoms with E-state index in [1.165, 1.54) is 0 Å². The van der Waals surface area contributed by atoms with E-state index in [4.69, 9.17) is 4.98 Å².